The minimum Gasteiger partial charge on any atom is -0.373 e. The maximum Gasteiger partial charge on any atom is 0.0847 e. The number of rotatable bonds is 4. The molecule has 17 heavy (non-hydrogen) atoms. The van der Waals surface area contributed by atoms with E-state index in [1.54, 1.807) is 0 Å². The van der Waals surface area contributed by atoms with E-state index < -0.39 is 0 Å². The van der Waals surface area contributed by atoms with Gasteiger partial charge in [-0.3, -0.25) is 0 Å². The normalized spacial score (nSPS) is 44.1. The summed E-state index contributed by atoms with van der Waals surface area (Å²) in [4.78, 5) is 0. The lowest BCUT2D eigenvalue weighted by Crippen LogP contribution is -2.44. The summed E-state index contributed by atoms with van der Waals surface area (Å²) >= 11 is 0. The molecule has 0 bridgehead atoms. The van der Waals surface area contributed by atoms with E-state index in [0.29, 0.717) is 12.2 Å². The average molecular weight is 235 g/mol. The first-order valence-corrected chi connectivity index (χ1v) is 6.46. The molecule has 0 amide bonds. The maximum atomic E-state index is 6.41. The quantitative estimate of drug-likeness (QED) is 0.756. The predicted molar refractivity (Wildman–Crippen MR) is 66.6 cm³/mol. The Bertz CT molecular complexity index is 380. The number of hydrogen-bond donors (Lipinski definition) is 1. The first kappa shape index (κ1) is 11.5. The van der Waals surface area contributed by atoms with Crippen LogP contribution in [0.25, 0.3) is 0 Å². The lowest BCUT2D eigenvalue weighted by Gasteiger charge is -2.40. The third-order valence-electron chi connectivity index (χ3n) is 4.36. The van der Waals surface area contributed by atoms with E-state index in [2.05, 4.69) is 26.0 Å². The summed E-state index contributed by atoms with van der Waals surface area (Å²) in [5, 5.41) is 0. The summed E-state index contributed by atoms with van der Waals surface area (Å²) in [6.07, 6.45) is 7.33. The van der Waals surface area contributed by atoms with E-state index >= 15 is 0 Å². The second kappa shape index (κ2) is 3.94. The molecule has 94 valence electrons. The minimum atomic E-state index is 0.0476. The van der Waals surface area contributed by atoms with Gasteiger partial charge in [0.05, 0.1) is 25.4 Å². The van der Waals surface area contributed by atoms with E-state index in [-0.39, 0.29) is 11.5 Å². The molecule has 2 N–H and O–H groups in total. The van der Waals surface area contributed by atoms with E-state index in [9.17, 15) is 0 Å². The third kappa shape index (κ3) is 2.19. The van der Waals surface area contributed by atoms with Gasteiger partial charge in [-0.25, -0.2) is 0 Å². The molecule has 0 saturated carbocycles. The van der Waals surface area contributed by atoms with Crippen molar-refractivity contribution in [2.24, 2.45) is 11.1 Å². The SMILES string of the molecule is CC1=CC=C(CC2CO2)C(C)(CC2CO2)C1N. The number of epoxide rings is 2. The van der Waals surface area contributed by atoms with Gasteiger partial charge in [-0.15, -0.1) is 0 Å². The molecule has 2 aliphatic heterocycles. The van der Waals surface area contributed by atoms with Crippen molar-refractivity contribution in [2.75, 3.05) is 13.2 Å². The standard InChI is InChI=1S/C14H21NO2/c1-9-3-4-10(5-11-7-16-11)14(2,13(9)15)6-12-8-17-12/h3-4,11-13H,5-8,15H2,1-2H3. The Morgan fingerprint density at radius 2 is 1.94 bits per heavy atom. The third-order valence-corrected chi connectivity index (χ3v) is 4.36. The van der Waals surface area contributed by atoms with Gasteiger partial charge < -0.3 is 15.2 Å². The largest absolute Gasteiger partial charge is 0.373 e. The second-order valence-corrected chi connectivity index (χ2v) is 5.82. The number of nitrogens with two attached hydrogens (primary N) is 1. The molecule has 0 aromatic heterocycles. The summed E-state index contributed by atoms with van der Waals surface area (Å²) < 4.78 is 10.7. The van der Waals surface area contributed by atoms with Gasteiger partial charge >= 0.3 is 0 Å². The molecule has 0 radical (unpaired) electrons. The van der Waals surface area contributed by atoms with Gasteiger partial charge in [-0.2, -0.15) is 0 Å². The predicted octanol–water partition coefficient (Wildman–Crippen LogP) is 1.78. The van der Waals surface area contributed by atoms with Gasteiger partial charge in [-0.05, 0) is 19.8 Å². The zero-order chi connectivity index (χ0) is 12.0. The molecule has 1 aliphatic carbocycles. The highest BCUT2D eigenvalue weighted by Gasteiger charge is 2.44. The lowest BCUT2D eigenvalue weighted by atomic mass is 9.66. The number of hydrogen-bond acceptors (Lipinski definition) is 3. The van der Waals surface area contributed by atoms with Crippen LogP contribution in [0.3, 0.4) is 0 Å². The fourth-order valence-electron chi connectivity index (χ4n) is 2.88. The fourth-order valence-corrected chi connectivity index (χ4v) is 2.88. The van der Waals surface area contributed by atoms with Crippen molar-refractivity contribution >= 4 is 0 Å². The molecule has 3 aliphatic rings. The van der Waals surface area contributed by atoms with Gasteiger partial charge in [0, 0.05) is 11.5 Å². The molecule has 3 heteroatoms. The van der Waals surface area contributed by atoms with Gasteiger partial charge in [0.2, 0.25) is 0 Å². The molecule has 3 rings (SSSR count). The number of ether oxygens (including phenoxy) is 2. The van der Waals surface area contributed by atoms with Crippen LogP contribution in [0, 0.1) is 5.41 Å². The maximum absolute atomic E-state index is 6.41. The van der Waals surface area contributed by atoms with Gasteiger partial charge in [0.15, 0.2) is 0 Å². The Labute approximate surface area is 103 Å². The van der Waals surface area contributed by atoms with Crippen molar-refractivity contribution in [2.45, 2.75) is 44.9 Å². The smallest absolute Gasteiger partial charge is 0.0847 e. The molecule has 4 atom stereocenters. The first-order chi connectivity index (χ1) is 8.09. The van der Waals surface area contributed by atoms with E-state index in [4.69, 9.17) is 15.2 Å². The molecular formula is C14H21NO2. The van der Waals surface area contributed by atoms with Crippen LogP contribution in [0.2, 0.25) is 0 Å². The monoisotopic (exact) mass is 235 g/mol. The van der Waals surface area contributed by atoms with E-state index in [1.165, 1.54) is 11.1 Å². The Hall–Kier alpha value is -0.640. The van der Waals surface area contributed by atoms with Crippen LogP contribution in [-0.4, -0.2) is 31.5 Å². The summed E-state index contributed by atoms with van der Waals surface area (Å²) in [7, 11) is 0. The van der Waals surface area contributed by atoms with Crippen LogP contribution in [0.4, 0.5) is 0 Å². The van der Waals surface area contributed by atoms with Gasteiger partial charge in [-0.1, -0.05) is 30.2 Å². The van der Waals surface area contributed by atoms with Crippen LogP contribution in [-0.2, 0) is 9.47 Å². The molecule has 2 heterocycles. The molecule has 2 saturated heterocycles. The highest BCUT2D eigenvalue weighted by Crippen LogP contribution is 2.45. The average Bonchev–Trinajstić information content (AvgIpc) is 3.15. The Morgan fingerprint density at radius 3 is 2.53 bits per heavy atom. The van der Waals surface area contributed by atoms with Crippen molar-refractivity contribution in [3.05, 3.63) is 23.3 Å². The summed E-state index contributed by atoms with van der Waals surface area (Å²) in [6.45, 7) is 6.21. The van der Waals surface area contributed by atoms with E-state index in [0.717, 1.165) is 26.1 Å². The van der Waals surface area contributed by atoms with Gasteiger partial charge in [0.25, 0.3) is 0 Å². The van der Waals surface area contributed by atoms with Crippen LogP contribution in [0.5, 0.6) is 0 Å². The molecule has 0 aromatic rings. The van der Waals surface area contributed by atoms with Crippen LogP contribution >= 0.6 is 0 Å². The zero-order valence-electron chi connectivity index (χ0n) is 10.6. The van der Waals surface area contributed by atoms with Crippen LogP contribution < -0.4 is 5.73 Å². The Morgan fingerprint density at radius 1 is 1.29 bits per heavy atom. The zero-order valence-corrected chi connectivity index (χ0v) is 10.6. The Balaban J connectivity index is 1.83. The van der Waals surface area contributed by atoms with Crippen molar-refractivity contribution in [1.29, 1.82) is 0 Å². The van der Waals surface area contributed by atoms with Gasteiger partial charge in [0.1, 0.15) is 0 Å². The molecule has 4 unspecified atom stereocenters. The summed E-state index contributed by atoms with van der Waals surface area (Å²) in [6, 6.07) is 0.116. The van der Waals surface area contributed by atoms with Crippen LogP contribution in [0.15, 0.2) is 23.3 Å². The molecule has 2 fully saturated rings. The topological polar surface area (TPSA) is 51.1 Å². The van der Waals surface area contributed by atoms with Crippen molar-refractivity contribution < 1.29 is 9.47 Å². The summed E-state index contributed by atoms with van der Waals surface area (Å²) in [5.41, 5.74) is 9.17. The number of allylic oxidation sites excluding steroid dienone is 2. The highest BCUT2D eigenvalue weighted by atomic mass is 16.6. The molecule has 3 nitrogen and oxygen atoms in total. The fraction of sp³-hybridized carbons (Fsp3) is 0.714. The van der Waals surface area contributed by atoms with Crippen molar-refractivity contribution in [1.82, 2.24) is 0 Å². The highest BCUT2D eigenvalue weighted by molar-refractivity contribution is 5.35. The van der Waals surface area contributed by atoms with Crippen molar-refractivity contribution in [3.8, 4) is 0 Å². The lowest BCUT2D eigenvalue weighted by molar-refractivity contribution is 0.252. The Kier molecular flexibility index (Phi) is 2.65. The molecular weight excluding hydrogens is 214 g/mol. The molecule has 0 aromatic carbocycles. The first-order valence-electron chi connectivity index (χ1n) is 6.46. The van der Waals surface area contributed by atoms with Crippen LogP contribution in [0.1, 0.15) is 26.7 Å². The minimum absolute atomic E-state index is 0.0476. The molecule has 0 spiro atoms. The second-order valence-electron chi connectivity index (χ2n) is 5.82. The van der Waals surface area contributed by atoms with Crippen molar-refractivity contribution in [3.63, 3.8) is 0 Å². The van der Waals surface area contributed by atoms with E-state index in [1.807, 2.05) is 0 Å². The summed E-state index contributed by atoms with van der Waals surface area (Å²) in [5.74, 6) is 0.